The Labute approximate surface area is 230 Å². The van der Waals surface area contributed by atoms with Crippen molar-refractivity contribution in [3.05, 3.63) is 95.2 Å². The molecule has 6 aromatic heterocycles. The number of anilines is 1. The Kier molecular flexibility index (Phi) is 5.61. The van der Waals surface area contributed by atoms with Crippen LogP contribution in [0, 0.1) is 0 Å². The van der Waals surface area contributed by atoms with Crippen molar-refractivity contribution in [2.45, 2.75) is 0 Å². The van der Waals surface area contributed by atoms with Gasteiger partial charge < -0.3 is 10.3 Å². The smallest absolute Gasteiger partial charge is 0.255 e. The molecule has 1 amide bonds. The van der Waals surface area contributed by atoms with E-state index < -0.39 is 0 Å². The summed E-state index contributed by atoms with van der Waals surface area (Å²) in [7, 11) is 0. The molecule has 39 heavy (non-hydrogen) atoms. The second kappa shape index (κ2) is 9.43. The lowest BCUT2D eigenvalue weighted by Gasteiger charge is -2.07. The summed E-state index contributed by atoms with van der Waals surface area (Å²) < 4.78 is 0.707. The van der Waals surface area contributed by atoms with Gasteiger partial charge in [-0.2, -0.15) is 5.10 Å². The Morgan fingerprint density at radius 1 is 0.949 bits per heavy atom. The summed E-state index contributed by atoms with van der Waals surface area (Å²) in [6.45, 7) is 0. The van der Waals surface area contributed by atoms with E-state index in [9.17, 15) is 4.79 Å². The number of carbonyl (C=O) groups excluding carboxylic acids is 1. The van der Waals surface area contributed by atoms with E-state index in [1.165, 1.54) is 11.3 Å². The molecule has 0 aliphatic carbocycles. The average molecular weight is 549 g/mol. The number of H-pyrrole nitrogens is 2. The highest BCUT2D eigenvalue weighted by Gasteiger charge is 2.18. The first-order valence-corrected chi connectivity index (χ1v) is 13.1. The van der Waals surface area contributed by atoms with Gasteiger partial charge in [0.2, 0.25) is 0 Å². The summed E-state index contributed by atoms with van der Waals surface area (Å²) in [5.41, 5.74) is 6.84. The van der Waals surface area contributed by atoms with Crippen LogP contribution in [0.15, 0.2) is 85.3 Å². The number of aromatic amines is 2. The summed E-state index contributed by atoms with van der Waals surface area (Å²) in [6.07, 6.45) is 5.05. The zero-order chi connectivity index (χ0) is 26.3. The van der Waals surface area contributed by atoms with E-state index in [2.05, 4.69) is 30.5 Å². The minimum absolute atomic E-state index is 0.210. The Morgan fingerprint density at radius 3 is 2.69 bits per heavy atom. The van der Waals surface area contributed by atoms with Gasteiger partial charge in [0.05, 0.1) is 27.4 Å². The molecule has 188 valence electrons. The van der Waals surface area contributed by atoms with Crippen LogP contribution in [0.25, 0.3) is 55.4 Å². The number of thiophene rings is 1. The molecule has 0 fully saturated rings. The maximum atomic E-state index is 12.6. The number of aromatic nitrogens is 7. The number of pyridine rings is 3. The van der Waals surface area contributed by atoms with Gasteiger partial charge in [0, 0.05) is 34.0 Å². The van der Waals surface area contributed by atoms with Crippen LogP contribution in [0.5, 0.6) is 0 Å². The minimum atomic E-state index is -0.210. The van der Waals surface area contributed by atoms with Crippen molar-refractivity contribution in [3.63, 3.8) is 0 Å². The first-order chi connectivity index (χ1) is 19.1. The number of fused-ring (bicyclic) bond motifs is 2. The van der Waals surface area contributed by atoms with E-state index in [1.54, 1.807) is 30.7 Å². The summed E-state index contributed by atoms with van der Waals surface area (Å²) >= 11 is 7.65. The third kappa shape index (κ3) is 4.31. The van der Waals surface area contributed by atoms with Gasteiger partial charge in [-0.3, -0.25) is 14.9 Å². The van der Waals surface area contributed by atoms with Crippen LogP contribution in [0.2, 0.25) is 4.34 Å². The number of halogens is 1. The van der Waals surface area contributed by atoms with E-state index >= 15 is 0 Å². The topological polar surface area (TPSA) is 125 Å². The number of rotatable bonds is 5. The van der Waals surface area contributed by atoms with Crippen LogP contribution in [0.3, 0.4) is 0 Å². The van der Waals surface area contributed by atoms with Gasteiger partial charge in [0.15, 0.2) is 17.2 Å². The predicted octanol–water partition coefficient (Wildman–Crippen LogP) is 6.59. The zero-order valence-corrected chi connectivity index (χ0v) is 21.6. The molecule has 0 spiro atoms. The van der Waals surface area contributed by atoms with Crippen molar-refractivity contribution in [2.75, 3.05) is 5.32 Å². The molecule has 0 bridgehead atoms. The Bertz CT molecular complexity index is 2000. The van der Waals surface area contributed by atoms with Gasteiger partial charge in [0.1, 0.15) is 11.0 Å². The summed E-state index contributed by atoms with van der Waals surface area (Å²) in [5.74, 6) is 0.336. The van der Waals surface area contributed by atoms with E-state index in [0.717, 1.165) is 27.0 Å². The van der Waals surface area contributed by atoms with Crippen molar-refractivity contribution < 1.29 is 4.79 Å². The SMILES string of the molecule is O=C(Nc1cncc(-c2ccc3[nH]nc(-c4nc5c(-c6ccc(Cl)s6)ccnc5[nH]4)c3n2)c1)c1ccccc1. The van der Waals surface area contributed by atoms with Crippen molar-refractivity contribution in [3.8, 4) is 33.2 Å². The number of benzene rings is 1. The normalized spacial score (nSPS) is 11.3. The molecule has 0 atom stereocenters. The van der Waals surface area contributed by atoms with Crippen molar-refractivity contribution in [1.82, 2.24) is 35.1 Å². The van der Waals surface area contributed by atoms with Gasteiger partial charge in [0.25, 0.3) is 5.91 Å². The van der Waals surface area contributed by atoms with Crippen LogP contribution in [-0.4, -0.2) is 41.0 Å². The lowest BCUT2D eigenvalue weighted by molar-refractivity contribution is 0.102. The number of carbonyl (C=O) groups is 1. The summed E-state index contributed by atoms with van der Waals surface area (Å²) in [5, 5.41) is 10.4. The second-order valence-corrected chi connectivity index (χ2v) is 10.4. The van der Waals surface area contributed by atoms with Crippen LogP contribution < -0.4 is 5.32 Å². The minimum Gasteiger partial charge on any atom is -0.321 e. The third-order valence-electron chi connectivity index (χ3n) is 6.18. The molecule has 7 aromatic rings. The summed E-state index contributed by atoms with van der Waals surface area (Å²) in [6, 6.07) is 20.4. The van der Waals surface area contributed by atoms with Gasteiger partial charge in [-0.25, -0.2) is 15.0 Å². The number of hydrogen-bond acceptors (Lipinski definition) is 7. The Morgan fingerprint density at radius 2 is 1.85 bits per heavy atom. The van der Waals surface area contributed by atoms with Crippen molar-refractivity contribution in [2.24, 2.45) is 0 Å². The molecule has 0 saturated heterocycles. The fourth-order valence-electron chi connectivity index (χ4n) is 4.35. The maximum Gasteiger partial charge on any atom is 0.255 e. The molecule has 0 aliphatic heterocycles. The second-order valence-electron chi connectivity index (χ2n) is 8.69. The summed E-state index contributed by atoms with van der Waals surface area (Å²) in [4.78, 5) is 35.4. The molecule has 9 nitrogen and oxygen atoms in total. The molecule has 7 rings (SSSR count). The zero-order valence-electron chi connectivity index (χ0n) is 20.0. The molecule has 0 radical (unpaired) electrons. The molecule has 6 heterocycles. The van der Waals surface area contributed by atoms with Crippen LogP contribution in [-0.2, 0) is 0 Å². The molecular weight excluding hydrogens is 532 g/mol. The highest BCUT2D eigenvalue weighted by molar-refractivity contribution is 7.19. The quantitative estimate of drug-likeness (QED) is 0.223. The molecular formula is C28H17ClN8OS. The van der Waals surface area contributed by atoms with E-state index in [-0.39, 0.29) is 5.91 Å². The molecule has 3 N–H and O–H groups in total. The fraction of sp³-hybridized carbons (Fsp3) is 0. The molecule has 0 unspecified atom stereocenters. The van der Waals surface area contributed by atoms with Crippen LogP contribution in [0.4, 0.5) is 5.69 Å². The third-order valence-corrected chi connectivity index (χ3v) is 7.45. The Balaban J connectivity index is 1.25. The first kappa shape index (κ1) is 23.2. The largest absolute Gasteiger partial charge is 0.321 e. The number of nitrogens with one attached hydrogen (secondary N) is 3. The highest BCUT2D eigenvalue weighted by Crippen LogP contribution is 2.35. The van der Waals surface area contributed by atoms with E-state index in [4.69, 9.17) is 21.6 Å². The molecule has 11 heteroatoms. The predicted molar refractivity (Wildman–Crippen MR) is 153 cm³/mol. The van der Waals surface area contributed by atoms with Crippen LogP contribution >= 0.6 is 22.9 Å². The monoisotopic (exact) mass is 548 g/mol. The van der Waals surface area contributed by atoms with Gasteiger partial charge in [-0.05, 0) is 48.5 Å². The van der Waals surface area contributed by atoms with Gasteiger partial charge in [-0.1, -0.05) is 29.8 Å². The van der Waals surface area contributed by atoms with Gasteiger partial charge in [-0.15, -0.1) is 11.3 Å². The van der Waals surface area contributed by atoms with Crippen molar-refractivity contribution in [1.29, 1.82) is 0 Å². The van der Waals surface area contributed by atoms with E-state index in [0.29, 0.717) is 44.0 Å². The standard InChI is InChI=1S/C28H17ClN8OS/c29-22-9-8-21(39-22)18-10-11-31-26-23(18)34-27(35-26)25-24-20(36-37-25)7-6-19(33-24)16-12-17(14-30-13-16)32-28(38)15-4-2-1-3-5-15/h1-14H,(H,32,38)(H,36,37)(H,31,34,35). The molecule has 0 aliphatic rings. The number of imidazole rings is 1. The van der Waals surface area contributed by atoms with Gasteiger partial charge >= 0.3 is 0 Å². The number of amides is 1. The number of hydrogen-bond donors (Lipinski definition) is 3. The molecule has 1 aromatic carbocycles. The lowest BCUT2D eigenvalue weighted by Crippen LogP contribution is -2.11. The molecule has 0 saturated carbocycles. The average Bonchev–Trinajstić information content (AvgIpc) is 3.71. The maximum absolute atomic E-state index is 12.6. The van der Waals surface area contributed by atoms with E-state index in [1.807, 2.05) is 54.6 Å². The van der Waals surface area contributed by atoms with Crippen LogP contribution in [0.1, 0.15) is 10.4 Å². The fourth-order valence-corrected chi connectivity index (χ4v) is 5.42. The lowest BCUT2D eigenvalue weighted by atomic mass is 10.1. The Hall–Kier alpha value is -4.93. The number of nitrogens with zero attached hydrogens (tertiary/aromatic N) is 5. The van der Waals surface area contributed by atoms with Crippen molar-refractivity contribution >= 4 is 56.7 Å². The first-order valence-electron chi connectivity index (χ1n) is 11.9. The highest BCUT2D eigenvalue weighted by atomic mass is 35.5.